The maximum Gasteiger partial charge on any atom is 0.147 e. The smallest absolute Gasteiger partial charge is 0.147 e. The zero-order chi connectivity index (χ0) is 31.3. The summed E-state index contributed by atoms with van der Waals surface area (Å²) in [4.78, 5) is 0. The summed E-state index contributed by atoms with van der Waals surface area (Å²) in [7, 11) is 0. The highest BCUT2D eigenvalue weighted by atomic mass is 16.3. The van der Waals surface area contributed by atoms with E-state index in [0.717, 1.165) is 55.0 Å². The van der Waals surface area contributed by atoms with E-state index < -0.39 is 0 Å². The Morgan fingerprint density at radius 3 is 1.35 bits per heavy atom. The maximum atomic E-state index is 6.79. The van der Waals surface area contributed by atoms with Crippen LogP contribution in [0.2, 0.25) is 0 Å². The number of rotatable bonds is 2. The Labute approximate surface area is 275 Å². The molecule has 0 atom stereocenters. The first-order valence-electron chi connectivity index (χ1n) is 16.4. The first kappa shape index (κ1) is 25.8. The summed E-state index contributed by atoms with van der Waals surface area (Å²) in [6.45, 7) is 0. The maximum absolute atomic E-state index is 6.79. The minimum atomic E-state index is 0.849. The highest BCUT2D eigenvalue weighted by Crippen LogP contribution is 2.51. The molecule has 11 aromatic rings. The quantitative estimate of drug-likeness (QED) is 0.144. The molecule has 0 saturated carbocycles. The average molecular weight is 611 g/mol. The molecule has 0 N–H and O–H groups in total. The predicted octanol–water partition coefficient (Wildman–Crippen LogP) is 13.4. The van der Waals surface area contributed by atoms with Crippen molar-refractivity contribution < 1.29 is 8.83 Å². The molecular weight excluding hydrogens is 585 g/mol. The Hall–Kier alpha value is -6.38. The molecule has 9 aromatic carbocycles. The zero-order valence-electron chi connectivity index (χ0n) is 25.8. The Balaban J connectivity index is 1.35. The first-order valence-corrected chi connectivity index (χ1v) is 16.4. The number of benzene rings is 9. The van der Waals surface area contributed by atoms with E-state index in [1.54, 1.807) is 0 Å². The van der Waals surface area contributed by atoms with Crippen LogP contribution in [0.4, 0.5) is 0 Å². The molecule has 0 aliphatic heterocycles. The van der Waals surface area contributed by atoms with Crippen LogP contribution in [0.1, 0.15) is 0 Å². The highest BCUT2D eigenvalue weighted by molar-refractivity contribution is 6.30. The molecule has 0 bridgehead atoms. The highest BCUT2D eigenvalue weighted by Gasteiger charge is 2.25. The van der Waals surface area contributed by atoms with E-state index in [9.17, 15) is 0 Å². The summed E-state index contributed by atoms with van der Waals surface area (Å²) in [6, 6.07) is 56.5. The third-order valence-electron chi connectivity index (χ3n) is 10.2. The number of para-hydroxylation sites is 2. The minimum Gasteiger partial charge on any atom is -0.455 e. The van der Waals surface area contributed by atoms with E-state index in [4.69, 9.17) is 8.83 Å². The summed E-state index contributed by atoms with van der Waals surface area (Å²) in [5, 5.41) is 14.2. The number of hydrogen-bond donors (Lipinski definition) is 0. The molecule has 2 heteroatoms. The molecule has 0 unspecified atom stereocenters. The van der Waals surface area contributed by atoms with Gasteiger partial charge in [0.05, 0.1) is 5.56 Å². The van der Waals surface area contributed by atoms with E-state index >= 15 is 0 Å². The van der Waals surface area contributed by atoms with Crippen LogP contribution in [0.3, 0.4) is 0 Å². The fourth-order valence-corrected chi connectivity index (χ4v) is 8.21. The van der Waals surface area contributed by atoms with Crippen LogP contribution in [0.5, 0.6) is 0 Å². The third-order valence-corrected chi connectivity index (χ3v) is 10.2. The first-order chi connectivity index (χ1) is 23.8. The molecule has 48 heavy (non-hydrogen) atoms. The summed E-state index contributed by atoms with van der Waals surface area (Å²) in [5.74, 6) is 0. The van der Waals surface area contributed by atoms with E-state index in [-0.39, 0.29) is 0 Å². The van der Waals surface area contributed by atoms with E-state index in [0.29, 0.717) is 0 Å². The Morgan fingerprint density at radius 1 is 0.271 bits per heavy atom. The summed E-state index contributed by atoms with van der Waals surface area (Å²) in [5.41, 5.74) is 8.04. The van der Waals surface area contributed by atoms with Gasteiger partial charge in [0.1, 0.15) is 22.3 Å². The van der Waals surface area contributed by atoms with Gasteiger partial charge in [0.2, 0.25) is 0 Å². The van der Waals surface area contributed by atoms with Crippen molar-refractivity contribution in [2.45, 2.75) is 0 Å². The number of fused-ring (bicyclic) bond motifs is 11. The minimum absolute atomic E-state index is 0.849. The van der Waals surface area contributed by atoms with E-state index in [1.807, 2.05) is 12.1 Å². The molecule has 222 valence electrons. The monoisotopic (exact) mass is 610 g/mol. The van der Waals surface area contributed by atoms with E-state index in [1.165, 1.54) is 54.2 Å². The molecule has 2 heterocycles. The molecule has 0 fully saturated rings. The van der Waals surface area contributed by atoms with Gasteiger partial charge in [0.15, 0.2) is 0 Å². The van der Waals surface area contributed by atoms with Gasteiger partial charge >= 0.3 is 0 Å². The van der Waals surface area contributed by atoms with Crippen LogP contribution in [-0.4, -0.2) is 0 Å². The molecule has 2 aromatic heterocycles. The van der Waals surface area contributed by atoms with Crippen LogP contribution >= 0.6 is 0 Å². The van der Waals surface area contributed by atoms with Crippen LogP contribution < -0.4 is 0 Å². The normalized spacial score (nSPS) is 12.2. The van der Waals surface area contributed by atoms with Gasteiger partial charge in [0, 0.05) is 27.1 Å². The second-order valence-electron chi connectivity index (χ2n) is 12.7. The molecule has 0 aliphatic carbocycles. The lowest BCUT2D eigenvalue weighted by Gasteiger charge is -2.19. The van der Waals surface area contributed by atoms with Gasteiger partial charge in [-0.1, -0.05) is 140 Å². The molecule has 0 saturated heterocycles. The zero-order valence-corrected chi connectivity index (χ0v) is 25.8. The number of furan rings is 2. The van der Waals surface area contributed by atoms with Gasteiger partial charge in [0.25, 0.3) is 0 Å². The topological polar surface area (TPSA) is 26.3 Å². The van der Waals surface area contributed by atoms with Crippen molar-refractivity contribution in [2.24, 2.45) is 0 Å². The summed E-state index contributed by atoms with van der Waals surface area (Å²) in [6.07, 6.45) is 0. The standard InChI is InChI=1S/C46H26O2/c1-2-13-28-27(12-1)24-25-30-29(28)20-11-21-33(30)42-34-16-3-5-18-36(34)43(37-19-6-4-17-35(37)42)44-45-38(31-14-7-9-22-40(31)47-45)26-39-32-15-8-10-23-41(32)48-46(39)44/h1-26H. The Bertz CT molecular complexity index is 2970. The lowest BCUT2D eigenvalue weighted by molar-refractivity contribution is 0.658. The lowest BCUT2D eigenvalue weighted by atomic mass is 9.83. The van der Waals surface area contributed by atoms with Gasteiger partial charge < -0.3 is 8.83 Å². The summed E-state index contributed by atoms with van der Waals surface area (Å²) >= 11 is 0. The van der Waals surface area contributed by atoms with E-state index in [2.05, 4.69) is 146 Å². The fraction of sp³-hybridized carbons (Fsp3) is 0. The van der Waals surface area contributed by atoms with Gasteiger partial charge in [-0.15, -0.1) is 0 Å². The number of hydrogen-bond acceptors (Lipinski definition) is 2. The molecule has 11 rings (SSSR count). The molecule has 2 nitrogen and oxygen atoms in total. The molecule has 0 radical (unpaired) electrons. The lowest BCUT2D eigenvalue weighted by Crippen LogP contribution is -1.92. The van der Waals surface area contributed by atoms with Crippen molar-refractivity contribution in [1.82, 2.24) is 0 Å². The van der Waals surface area contributed by atoms with Crippen molar-refractivity contribution >= 4 is 87.0 Å². The largest absolute Gasteiger partial charge is 0.455 e. The predicted molar refractivity (Wildman–Crippen MR) is 202 cm³/mol. The van der Waals surface area contributed by atoms with Gasteiger partial charge in [-0.3, -0.25) is 0 Å². The van der Waals surface area contributed by atoms with Crippen molar-refractivity contribution in [3.63, 3.8) is 0 Å². The average Bonchev–Trinajstić information content (AvgIpc) is 3.71. The van der Waals surface area contributed by atoms with Crippen molar-refractivity contribution in [2.75, 3.05) is 0 Å². The third kappa shape index (κ3) is 3.41. The van der Waals surface area contributed by atoms with Gasteiger partial charge in [-0.25, -0.2) is 0 Å². The van der Waals surface area contributed by atoms with Crippen molar-refractivity contribution in [3.8, 4) is 22.3 Å². The molecule has 0 spiro atoms. The van der Waals surface area contributed by atoms with Crippen LogP contribution in [0.25, 0.3) is 109 Å². The van der Waals surface area contributed by atoms with Crippen molar-refractivity contribution in [3.05, 3.63) is 158 Å². The van der Waals surface area contributed by atoms with Crippen LogP contribution in [-0.2, 0) is 0 Å². The second-order valence-corrected chi connectivity index (χ2v) is 12.7. The van der Waals surface area contributed by atoms with Gasteiger partial charge in [-0.2, -0.15) is 0 Å². The Kier molecular flexibility index (Phi) is 5.14. The van der Waals surface area contributed by atoms with Crippen molar-refractivity contribution in [1.29, 1.82) is 0 Å². The SMILES string of the molecule is c1ccc2c(c1)ccc1c(-c3c4ccccc4c(-c4c5oc6ccccc6c5cc5c4oc4ccccc45)c4ccccc34)cccc12. The summed E-state index contributed by atoms with van der Waals surface area (Å²) < 4.78 is 13.6. The second kappa shape index (κ2) is 9.57. The molecular formula is C46H26O2. The fourth-order valence-electron chi connectivity index (χ4n) is 8.21. The molecule has 0 aliphatic rings. The van der Waals surface area contributed by atoms with Crippen LogP contribution in [0, 0.1) is 0 Å². The molecule has 0 amide bonds. The van der Waals surface area contributed by atoms with Crippen LogP contribution in [0.15, 0.2) is 167 Å². The Morgan fingerprint density at radius 2 is 0.750 bits per heavy atom. The van der Waals surface area contributed by atoms with Gasteiger partial charge in [-0.05, 0) is 72.4 Å².